The number of benzene rings is 2. The number of nitrogens with one attached hydrogen (secondary N) is 2. The molecule has 2 unspecified atom stereocenters. The first-order valence-electron chi connectivity index (χ1n) is 10.8. The summed E-state index contributed by atoms with van der Waals surface area (Å²) in [6.45, 7) is 0.572. The number of fused-ring (bicyclic) bond motifs is 1. The lowest BCUT2D eigenvalue weighted by Gasteiger charge is -2.40. The Bertz CT molecular complexity index is 1120. The molecule has 1 fully saturated rings. The van der Waals surface area contributed by atoms with Gasteiger partial charge in [-0.2, -0.15) is 0 Å². The molecule has 35 heavy (non-hydrogen) atoms. The number of rotatable bonds is 6. The number of ether oxygens (including phenoxy) is 2. The van der Waals surface area contributed by atoms with Crippen LogP contribution in [0.1, 0.15) is 41.6 Å². The highest BCUT2D eigenvalue weighted by Gasteiger charge is 2.65. The first kappa shape index (κ1) is 25.2. The maximum atomic E-state index is 12.8. The SMILES string of the molecule is O=C(Nc1ccc2c(c1)CCC(C(=O)NOC1CCCCO1)O2)c1ccc(S(F)(F)(F)(F)F)cc1. The van der Waals surface area contributed by atoms with Crippen LogP contribution >= 0.6 is 10.2 Å². The van der Waals surface area contributed by atoms with E-state index in [1.165, 1.54) is 6.07 Å². The van der Waals surface area contributed by atoms with Crippen LogP contribution in [0, 0.1) is 0 Å². The normalized spacial score (nSPS) is 22.1. The number of carbonyl (C=O) groups is 2. The minimum Gasteiger partial charge on any atom is -0.480 e. The quantitative estimate of drug-likeness (QED) is 0.367. The molecule has 4 rings (SSSR count). The first-order valence-corrected chi connectivity index (χ1v) is 12.8. The fraction of sp³-hybridized carbons (Fsp3) is 0.364. The molecule has 0 spiro atoms. The molecule has 2 aromatic rings. The number of hydrogen-bond acceptors (Lipinski definition) is 5. The molecule has 13 heteroatoms. The molecule has 2 aromatic carbocycles. The van der Waals surface area contributed by atoms with Crippen molar-refractivity contribution in [3.63, 3.8) is 0 Å². The van der Waals surface area contributed by atoms with Crippen molar-refractivity contribution >= 4 is 27.7 Å². The minimum atomic E-state index is -9.81. The van der Waals surface area contributed by atoms with Gasteiger partial charge in [-0.3, -0.25) is 9.59 Å². The number of halogens is 5. The van der Waals surface area contributed by atoms with Gasteiger partial charge in [-0.1, -0.05) is 19.4 Å². The number of hydroxylamine groups is 1. The molecule has 7 nitrogen and oxygen atoms in total. The van der Waals surface area contributed by atoms with Crippen LogP contribution in [-0.4, -0.2) is 30.8 Å². The molecule has 1 saturated heterocycles. The fourth-order valence-corrected chi connectivity index (χ4v) is 4.36. The molecule has 2 atom stereocenters. The van der Waals surface area contributed by atoms with Gasteiger partial charge < -0.3 is 14.8 Å². The Balaban J connectivity index is 1.35. The highest BCUT2D eigenvalue weighted by atomic mass is 32.5. The van der Waals surface area contributed by atoms with Gasteiger partial charge >= 0.3 is 10.2 Å². The van der Waals surface area contributed by atoms with E-state index in [4.69, 9.17) is 14.3 Å². The van der Waals surface area contributed by atoms with Gasteiger partial charge in [0.25, 0.3) is 11.8 Å². The Hall–Kier alpha value is -2.90. The van der Waals surface area contributed by atoms with Crippen molar-refractivity contribution in [2.45, 2.75) is 49.4 Å². The molecule has 0 aliphatic carbocycles. The second-order valence-corrected chi connectivity index (χ2v) is 10.7. The average molecular weight is 522 g/mol. The zero-order valence-electron chi connectivity index (χ0n) is 18.3. The van der Waals surface area contributed by atoms with Crippen LogP contribution in [0.15, 0.2) is 47.4 Å². The summed E-state index contributed by atoms with van der Waals surface area (Å²) in [5.74, 6) is -0.782. The minimum absolute atomic E-state index is 0.187. The molecule has 192 valence electrons. The van der Waals surface area contributed by atoms with Gasteiger partial charge in [-0.05, 0) is 73.7 Å². The summed E-state index contributed by atoms with van der Waals surface area (Å²) in [6.07, 6.45) is 2.11. The third kappa shape index (κ3) is 6.41. The first-order chi connectivity index (χ1) is 16.3. The molecule has 0 radical (unpaired) electrons. The number of anilines is 1. The Kier molecular flexibility index (Phi) is 6.22. The van der Waals surface area contributed by atoms with Crippen LogP contribution < -0.4 is 15.5 Å². The van der Waals surface area contributed by atoms with E-state index in [1.54, 1.807) is 12.1 Å². The van der Waals surface area contributed by atoms with E-state index in [0.717, 1.165) is 12.8 Å². The van der Waals surface area contributed by atoms with E-state index in [9.17, 15) is 29.0 Å². The summed E-state index contributed by atoms with van der Waals surface area (Å²) >= 11 is 0. The maximum absolute atomic E-state index is 12.8. The Morgan fingerprint density at radius 1 is 0.971 bits per heavy atom. The largest absolute Gasteiger partial charge is 0.480 e. The lowest BCUT2D eigenvalue weighted by atomic mass is 10.0. The predicted octanol–water partition coefficient (Wildman–Crippen LogP) is 5.86. The Morgan fingerprint density at radius 2 is 1.71 bits per heavy atom. The molecule has 0 bridgehead atoms. The van der Waals surface area contributed by atoms with Crippen molar-refractivity contribution in [1.82, 2.24) is 5.48 Å². The molecular weight excluding hydrogens is 499 g/mol. The maximum Gasteiger partial charge on any atom is 0.310 e. The fourth-order valence-electron chi connectivity index (χ4n) is 3.71. The Labute approximate surface area is 197 Å². The van der Waals surface area contributed by atoms with E-state index < -0.39 is 39.3 Å². The smallest absolute Gasteiger partial charge is 0.310 e. The van der Waals surface area contributed by atoms with Crippen LogP contribution in [-0.2, 0) is 20.8 Å². The van der Waals surface area contributed by atoms with Gasteiger partial charge in [0.2, 0.25) is 0 Å². The van der Waals surface area contributed by atoms with E-state index >= 15 is 0 Å². The molecule has 2 amide bonds. The van der Waals surface area contributed by atoms with Crippen molar-refractivity contribution in [1.29, 1.82) is 0 Å². The van der Waals surface area contributed by atoms with Crippen LogP contribution in [0.5, 0.6) is 5.75 Å². The summed E-state index contributed by atoms with van der Waals surface area (Å²) in [5, 5.41) is 2.51. The van der Waals surface area contributed by atoms with Gasteiger partial charge in [0.15, 0.2) is 12.4 Å². The summed E-state index contributed by atoms with van der Waals surface area (Å²) in [5.41, 5.74) is 3.18. The molecule has 2 N–H and O–H groups in total. The zero-order chi connectivity index (χ0) is 25.3. The highest BCUT2D eigenvalue weighted by Crippen LogP contribution is 3.02. The number of amides is 2. The molecule has 2 aliphatic rings. The third-order valence-electron chi connectivity index (χ3n) is 5.55. The molecule has 0 saturated carbocycles. The summed E-state index contributed by atoms with van der Waals surface area (Å²) in [4.78, 5) is 27.9. The molecular formula is C22H23F5N2O5S. The average Bonchev–Trinajstić information content (AvgIpc) is 2.81. The van der Waals surface area contributed by atoms with Crippen LogP contribution in [0.25, 0.3) is 0 Å². The van der Waals surface area contributed by atoms with Gasteiger partial charge in [-0.25, -0.2) is 10.3 Å². The van der Waals surface area contributed by atoms with Crippen molar-refractivity contribution in [2.24, 2.45) is 0 Å². The topological polar surface area (TPSA) is 85.9 Å². The molecule has 2 heterocycles. The van der Waals surface area contributed by atoms with E-state index in [0.29, 0.717) is 55.0 Å². The van der Waals surface area contributed by atoms with Crippen molar-refractivity contribution in [3.8, 4) is 5.75 Å². The van der Waals surface area contributed by atoms with E-state index in [2.05, 4.69) is 10.8 Å². The summed E-state index contributed by atoms with van der Waals surface area (Å²) < 4.78 is 75.3. The van der Waals surface area contributed by atoms with Gasteiger partial charge in [-0.15, -0.1) is 0 Å². The highest BCUT2D eigenvalue weighted by molar-refractivity contribution is 8.45. The van der Waals surface area contributed by atoms with E-state index in [-0.39, 0.29) is 17.7 Å². The van der Waals surface area contributed by atoms with E-state index in [1.807, 2.05) is 0 Å². The van der Waals surface area contributed by atoms with Gasteiger partial charge in [0.05, 0.1) is 0 Å². The standard InChI is InChI=1S/C22H23F5N2O5S/c23-35(24,25,26,27)17-8-4-14(5-9-17)21(30)28-16-7-11-18-15(13-16)6-10-19(33-18)22(31)29-34-20-3-1-2-12-32-20/h4-5,7-9,11,13,19-20H,1-3,6,10,12H2,(H,28,30)(H,29,31). The summed E-state index contributed by atoms with van der Waals surface area (Å²) in [6, 6.07) is 6.40. The van der Waals surface area contributed by atoms with Crippen molar-refractivity contribution in [3.05, 3.63) is 53.6 Å². The monoisotopic (exact) mass is 522 g/mol. The predicted molar refractivity (Wildman–Crippen MR) is 118 cm³/mol. The summed E-state index contributed by atoms with van der Waals surface area (Å²) in [7, 11) is -9.81. The van der Waals surface area contributed by atoms with Gasteiger partial charge in [0, 0.05) is 24.3 Å². The lowest BCUT2D eigenvalue weighted by Crippen LogP contribution is -2.42. The Morgan fingerprint density at radius 3 is 2.37 bits per heavy atom. The zero-order valence-corrected chi connectivity index (χ0v) is 19.1. The number of hydrogen-bond donors (Lipinski definition) is 2. The number of carbonyl (C=O) groups excluding carboxylic acids is 2. The van der Waals surface area contributed by atoms with Crippen LogP contribution in [0.3, 0.4) is 0 Å². The molecule has 0 aromatic heterocycles. The van der Waals surface area contributed by atoms with Crippen LogP contribution in [0.2, 0.25) is 0 Å². The third-order valence-corrected chi connectivity index (χ3v) is 6.71. The van der Waals surface area contributed by atoms with Gasteiger partial charge in [0.1, 0.15) is 10.6 Å². The lowest BCUT2D eigenvalue weighted by molar-refractivity contribution is -0.203. The van der Waals surface area contributed by atoms with Crippen molar-refractivity contribution in [2.75, 3.05) is 11.9 Å². The second-order valence-electron chi connectivity index (χ2n) is 8.30. The van der Waals surface area contributed by atoms with Crippen molar-refractivity contribution < 1.29 is 43.3 Å². The second kappa shape index (κ2) is 8.64. The molecule has 2 aliphatic heterocycles. The van der Waals surface area contributed by atoms with Crippen LogP contribution in [0.4, 0.5) is 25.1 Å². The number of aryl methyl sites for hydroxylation is 1.